The normalized spacial score (nSPS) is 11.5. The third-order valence-electron chi connectivity index (χ3n) is 2.87. The molecule has 2 rings (SSSR count). The Morgan fingerprint density at radius 1 is 1.11 bits per heavy atom. The van der Waals surface area contributed by atoms with Crippen molar-refractivity contribution < 1.29 is 8.42 Å². The molecule has 0 aliphatic carbocycles. The number of halogens is 1. The van der Waals surface area contributed by atoms with Crippen LogP contribution in [-0.2, 0) is 15.6 Å². The van der Waals surface area contributed by atoms with Crippen LogP contribution in [0.2, 0.25) is 5.02 Å². The van der Waals surface area contributed by atoms with Crippen LogP contribution >= 0.6 is 11.6 Å². The fraction of sp³-hybridized carbons (Fsp3) is 0.143. The van der Waals surface area contributed by atoms with Crippen molar-refractivity contribution in [2.45, 2.75) is 17.6 Å². The van der Waals surface area contributed by atoms with E-state index in [0.29, 0.717) is 16.3 Å². The zero-order chi connectivity index (χ0) is 14.0. The van der Waals surface area contributed by atoms with Gasteiger partial charge in [0.2, 0.25) is 0 Å². The number of sulfone groups is 1. The first-order valence-corrected chi connectivity index (χ1v) is 7.75. The van der Waals surface area contributed by atoms with E-state index in [4.69, 9.17) is 17.3 Å². The molecule has 0 amide bonds. The first-order chi connectivity index (χ1) is 8.90. The van der Waals surface area contributed by atoms with Gasteiger partial charge in [-0.2, -0.15) is 0 Å². The molecule has 0 radical (unpaired) electrons. The first kappa shape index (κ1) is 13.9. The summed E-state index contributed by atoms with van der Waals surface area (Å²) in [5, 5.41) is 0.371. The van der Waals surface area contributed by atoms with Crippen molar-refractivity contribution in [1.29, 1.82) is 0 Å². The second kappa shape index (κ2) is 5.23. The molecule has 5 heteroatoms. The Morgan fingerprint density at radius 3 is 2.32 bits per heavy atom. The molecule has 0 aliphatic heterocycles. The van der Waals surface area contributed by atoms with E-state index in [2.05, 4.69) is 0 Å². The average Bonchev–Trinajstić information content (AvgIpc) is 2.35. The summed E-state index contributed by atoms with van der Waals surface area (Å²) in [6, 6.07) is 11.7. The summed E-state index contributed by atoms with van der Waals surface area (Å²) in [6.45, 7) is 1.91. The summed E-state index contributed by atoms with van der Waals surface area (Å²) in [7, 11) is -3.44. The molecule has 2 N–H and O–H groups in total. The summed E-state index contributed by atoms with van der Waals surface area (Å²) >= 11 is 6.00. The molecule has 0 aromatic heterocycles. The van der Waals surface area contributed by atoms with Gasteiger partial charge in [0.25, 0.3) is 0 Å². The lowest BCUT2D eigenvalue weighted by molar-refractivity contribution is 0.595. The SMILES string of the molecule is Cc1ccc(S(=O)(=O)Cc2c(N)cccc2Cl)cc1. The highest BCUT2D eigenvalue weighted by Gasteiger charge is 2.18. The topological polar surface area (TPSA) is 60.2 Å². The number of hydrogen-bond acceptors (Lipinski definition) is 3. The van der Waals surface area contributed by atoms with Gasteiger partial charge in [-0.05, 0) is 31.2 Å². The van der Waals surface area contributed by atoms with Crippen molar-refractivity contribution in [2.24, 2.45) is 0 Å². The van der Waals surface area contributed by atoms with Crippen molar-refractivity contribution in [3.8, 4) is 0 Å². The minimum atomic E-state index is -3.44. The van der Waals surface area contributed by atoms with Crippen LogP contribution in [0.25, 0.3) is 0 Å². The Balaban J connectivity index is 2.39. The second-order valence-electron chi connectivity index (χ2n) is 4.38. The predicted octanol–water partition coefficient (Wildman–Crippen LogP) is 3.20. The number of hydrogen-bond donors (Lipinski definition) is 1. The molecule has 2 aromatic rings. The number of rotatable bonds is 3. The maximum absolute atomic E-state index is 12.3. The lowest BCUT2D eigenvalue weighted by atomic mass is 10.2. The van der Waals surface area contributed by atoms with Gasteiger partial charge in [0.15, 0.2) is 9.84 Å². The van der Waals surface area contributed by atoms with Crippen LogP contribution in [0.3, 0.4) is 0 Å². The highest BCUT2D eigenvalue weighted by molar-refractivity contribution is 7.90. The predicted molar refractivity (Wildman–Crippen MR) is 77.9 cm³/mol. The van der Waals surface area contributed by atoms with Crippen LogP contribution < -0.4 is 5.73 Å². The van der Waals surface area contributed by atoms with E-state index in [0.717, 1.165) is 5.56 Å². The lowest BCUT2D eigenvalue weighted by Crippen LogP contribution is -2.07. The lowest BCUT2D eigenvalue weighted by Gasteiger charge is -2.09. The highest BCUT2D eigenvalue weighted by atomic mass is 35.5. The smallest absolute Gasteiger partial charge is 0.182 e. The van der Waals surface area contributed by atoms with Crippen LogP contribution in [0.5, 0.6) is 0 Å². The van der Waals surface area contributed by atoms with E-state index < -0.39 is 9.84 Å². The van der Waals surface area contributed by atoms with Gasteiger partial charge >= 0.3 is 0 Å². The summed E-state index contributed by atoms with van der Waals surface area (Å²) in [6.07, 6.45) is 0. The molecular weight excluding hydrogens is 282 g/mol. The van der Waals surface area contributed by atoms with Crippen LogP contribution in [0, 0.1) is 6.92 Å². The van der Waals surface area contributed by atoms with Crippen LogP contribution in [0.15, 0.2) is 47.4 Å². The summed E-state index contributed by atoms with van der Waals surface area (Å²) < 4.78 is 24.6. The van der Waals surface area contributed by atoms with Gasteiger partial charge in [-0.25, -0.2) is 8.42 Å². The zero-order valence-corrected chi connectivity index (χ0v) is 12.0. The van der Waals surface area contributed by atoms with Crippen molar-refractivity contribution in [1.82, 2.24) is 0 Å². The van der Waals surface area contributed by atoms with Crippen molar-refractivity contribution >= 4 is 27.1 Å². The van der Waals surface area contributed by atoms with Gasteiger partial charge < -0.3 is 5.73 Å². The Hall–Kier alpha value is -1.52. The molecule has 2 aromatic carbocycles. The monoisotopic (exact) mass is 295 g/mol. The molecule has 0 unspecified atom stereocenters. The van der Waals surface area contributed by atoms with Crippen LogP contribution in [0.4, 0.5) is 5.69 Å². The zero-order valence-electron chi connectivity index (χ0n) is 10.4. The molecule has 3 nitrogen and oxygen atoms in total. The molecule has 0 aliphatic rings. The number of aryl methyl sites for hydroxylation is 1. The van der Waals surface area contributed by atoms with E-state index in [9.17, 15) is 8.42 Å². The third kappa shape index (κ3) is 3.08. The molecule has 0 heterocycles. The summed E-state index contributed by atoms with van der Waals surface area (Å²) in [5.41, 5.74) is 7.63. The summed E-state index contributed by atoms with van der Waals surface area (Å²) in [5.74, 6) is -0.193. The Bertz CT molecular complexity index is 674. The maximum Gasteiger partial charge on any atom is 0.182 e. The Kier molecular flexibility index (Phi) is 3.83. The maximum atomic E-state index is 12.3. The second-order valence-corrected chi connectivity index (χ2v) is 6.78. The van der Waals surface area contributed by atoms with E-state index in [1.54, 1.807) is 42.5 Å². The summed E-state index contributed by atoms with van der Waals surface area (Å²) in [4.78, 5) is 0.275. The first-order valence-electron chi connectivity index (χ1n) is 5.72. The van der Waals surface area contributed by atoms with Gasteiger partial charge in [0.05, 0.1) is 10.6 Å². The quantitative estimate of drug-likeness (QED) is 0.885. The van der Waals surface area contributed by atoms with Crippen molar-refractivity contribution in [2.75, 3.05) is 5.73 Å². The molecule has 0 saturated carbocycles. The minimum absolute atomic E-state index is 0.193. The van der Waals surface area contributed by atoms with E-state index in [1.165, 1.54) is 0 Å². The molecule has 0 fully saturated rings. The number of anilines is 1. The Labute approximate surface area is 117 Å². The number of nitrogens with two attached hydrogens (primary N) is 1. The highest BCUT2D eigenvalue weighted by Crippen LogP contribution is 2.26. The molecule has 0 bridgehead atoms. The molecule has 100 valence electrons. The van der Waals surface area contributed by atoms with Gasteiger partial charge in [-0.3, -0.25) is 0 Å². The standard InChI is InChI=1S/C14H14ClNO2S/c1-10-5-7-11(8-6-10)19(17,18)9-12-13(15)3-2-4-14(12)16/h2-8H,9,16H2,1H3. The van der Waals surface area contributed by atoms with E-state index >= 15 is 0 Å². The molecule has 0 spiro atoms. The minimum Gasteiger partial charge on any atom is -0.398 e. The molecule has 0 saturated heterocycles. The van der Waals surface area contributed by atoms with Gasteiger partial charge in [0.1, 0.15) is 0 Å². The third-order valence-corrected chi connectivity index (χ3v) is 4.88. The molecule has 0 atom stereocenters. The molecular formula is C14H14ClNO2S. The van der Waals surface area contributed by atoms with Crippen LogP contribution in [-0.4, -0.2) is 8.42 Å². The van der Waals surface area contributed by atoms with Gasteiger partial charge in [-0.15, -0.1) is 0 Å². The number of benzene rings is 2. The fourth-order valence-corrected chi connectivity index (χ4v) is 3.49. The van der Waals surface area contributed by atoms with Crippen molar-refractivity contribution in [3.05, 3.63) is 58.6 Å². The van der Waals surface area contributed by atoms with Gasteiger partial charge in [-0.1, -0.05) is 35.4 Å². The Morgan fingerprint density at radius 2 is 1.74 bits per heavy atom. The fourth-order valence-electron chi connectivity index (χ4n) is 1.75. The number of nitrogen functional groups attached to an aromatic ring is 1. The van der Waals surface area contributed by atoms with Crippen LogP contribution in [0.1, 0.15) is 11.1 Å². The van der Waals surface area contributed by atoms with E-state index in [-0.39, 0.29) is 10.6 Å². The molecule has 19 heavy (non-hydrogen) atoms. The van der Waals surface area contributed by atoms with Crippen molar-refractivity contribution in [3.63, 3.8) is 0 Å². The van der Waals surface area contributed by atoms with E-state index in [1.807, 2.05) is 6.92 Å². The average molecular weight is 296 g/mol. The largest absolute Gasteiger partial charge is 0.398 e. The van der Waals surface area contributed by atoms with Gasteiger partial charge in [0, 0.05) is 16.3 Å².